The van der Waals surface area contributed by atoms with Gasteiger partial charge < -0.3 is 19.6 Å². The highest BCUT2D eigenvalue weighted by atomic mass is 32.2. The molecule has 1 saturated heterocycles. The molecule has 1 rings (SSSR count). The van der Waals surface area contributed by atoms with Crippen LogP contribution in [0.25, 0.3) is 0 Å². The van der Waals surface area contributed by atoms with Crippen molar-refractivity contribution < 1.29 is 28.7 Å². The van der Waals surface area contributed by atoms with E-state index in [9.17, 15) is 0 Å². The Labute approximate surface area is 105 Å². The maximum Gasteiger partial charge on any atom is 0.314 e. The van der Waals surface area contributed by atoms with Crippen molar-refractivity contribution in [3.8, 4) is 0 Å². The average molecular weight is 312 g/mol. The van der Waals surface area contributed by atoms with Crippen LogP contribution in [0, 0.1) is 0 Å². The van der Waals surface area contributed by atoms with Gasteiger partial charge in [-0.05, 0) is 12.7 Å². The fraction of sp³-hybridized carbons (Fsp3) is 1.00. The zero-order valence-electron chi connectivity index (χ0n) is 8.99. The number of hydrogen-bond acceptors (Lipinski definition) is 4. The van der Waals surface area contributed by atoms with Gasteiger partial charge in [0.1, 0.15) is 0 Å². The first kappa shape index (κ1) is 19.3. The van der Waals surface area contributed by atoms with Gasteiger partial charge in [-0.2, -0.15) is 23.5 Å². The summed E-state index contributed by atoms with van der Waals surface area (Å²) in [5, 5.41) is 1.88. The standard InChI is InChI=1S/C6H12S2.2H3O3P/c1-5-3-6(7-2)4-8-5;2*1-4(2)3/h5-6H,3-4H2,1-2H3;2*4H,(H2,1,2,3). The Balaban J connectivity index is 0. The molecular weight excluding hydrogens is 294 g/mol. The highest BCUT2D eigenvalue weighted by Crippen LogP contribution is 2.32. The first-order valence-corrected chi connectivity index (χ1v) is 9.22. The molecule has 1 fully saturated rings. The first-order chi connectivity index (χ1) is 7.29. The summed E-state index contributed by atoms with van der Waals surface area (Å²) in [6.07, 6.45) is 3.63. The summed E-state index contributed by atoms with van der Waals surface area (Å²) < 4.78 is 17.5. The molecule has 6 nitrogen and oxygen atoms in total. The second-order valence-corrected chi connectivity index (χ2v) is 6.54. The van der Waals surface area contributed by atoms with Gasteiger partial charge in [0.25, 0.3) is 0 Å². The largest absolute Gasteiger partial charge is 0.326 e. The number of rotatable bonds is 1. The van der Waals surface area contributed by atoms with Crippen LogP contribution < -0.4 is 0 Å². The van der Waals surface area contributed by atoms with Gasteiger partial charge in [0.05, 0.1) is 0 Å². The molecule has 0 aliphatic carbocycles. The molecular formula is C6H18O6P2S2. The maximum atomic E-state index is 8.74. The summed E-state index contributed by atoms with van der Waals surface area (Å²) in [5.41, 5.74) is 0. The van der Waals surface area contributed by atoms with E-state index in [1.54, 1.807) is 0 Å². The Morgan fingerprint density at radius 1 is 1.19 bits per heavy atom. The SMILES string of the molecule is CSC1CSC(C)C1.O=[PH](O)O.O=[PH](O)O. The third kappa shape index (κ3) is 20.4. The summed E-state index contributed by atoms with van der Waals surface area (Å²) in [6, 6.07) is 0. The van der Waals surface area contributed by atoms with E-state index in [4.69, 9.17) is 28.7 Å². The molecule has 100 valence electrons. The van der Waals surface area contributed by atoms with Crippen LogP contribution in [0.2, 0.25) is 0 Å². The Morgan fingerprint density at radius 2 is 1.56 bits per heavy atom. The van der Waals surface area contributed by atoms with Gasteiger partial charge in [-0.1, -0.05) is 6.92 Å². The van der Waals surface area contributed by atoms with Gasteiger partial charge >= 0.3 is 16.5 Å². The predicted molar refractivity (Wildman–Crippen MR) is 70.7 cm³/mol. The minimum Gasteiger partial charge on any atom is -0.326 e. The lowest BCUT2D eigenvalue weighted by Gasteiger charge is -2.00. The highest BCUT2D eigenvalue weighted by molar-refractivity contribution is 8.04. The van der Waals surface area contributed by atoms with E-state index in [2.05, 4.69) is 24.9 Å². The molecule has 0 radical (unpaired) electrons. The second kappa shape index (κ2) is 12.5. The van der Waals surface area contributed by atoms with Crippen molar-refractivity contribution in [3.05, 3.63) is 0 Å². The fourth-order valence-corrected chi connectivity index (χ4v) is 3.37. The molecule has 1 aliphatic heterocycles. The predicted octanol–water partition coefficient (Wildman–Crippen LogP) is 0.965. The van der Waals surface area contributed by atoms with E-state index in [-0.39, 0.29) is 0 Å². The van der Waals surface area contributed by atoms with Gasteiger partial charge in [0.2, 0.25) is 0 Å². The summed E-state index contributed by atoms with van der Waals surface area (Å²) in [6.45, 7) is 2.32. The maximum absolute atomic E-state index is 8.74. The van der Waals surface area contributed by atoms with Crippen LogP contribution in [0.3, 0.4) is 0 Å². The van der Waals surface area contributed by atoms with Crippen molar-refractivity contribution in [3.63, 3.8) is 0 Å². The molecule has 0 aromatic rings. The van der Waals surface area contributed by atoms with Crippen LogP contribution >= 0.6 is 40.0 Å². The van der Waals surface area contributed by atoms with E-state index in [1.165, 1.54) is 12.2 Å². The van der Waals surface area contributed by atoms with Crippen LogP contribution in [0.1, 0.15) is 13.3 Å². The lowest BCUT2D eigenvalue weighted by Crippen LogP contribution is -1.98. The van der Waals surface area contributed by atoms with Crippen LogP contribution in [-0.4, -0.2) is 42.1 Å². The van der Waals surface area contributed by atoms with E-state index < -0.39 is 16.5 Å². The Bertz CT molecular complexity index is 197. The minimum atomic E-state index is -3.13. The monoisotopic (exact) mass is 312 g/mol. The molecule has 0 aromatic carbocycles. The second-order valence-electron chi connectivity index (χ2n) is 2.80. The Hall–Kier alpha value is 1.000. The zero-order chi connectivity index (χ0) is 13.1. The van der Waals surface area contributed by atoms with Crippen LogP contribution in [0.5, 0.6) is 0 Å². The quantitative estimate of drug-likeness (QED) is 0.529. The van der Waals surface area contributed by atoms with Crippen LogP contribution in [0.4, 0.5) is 0 Å². The minimum absolute atomic E-state index is 0.924. The summed E-state index contributed by atoms with van der Waals surface area (Å²) in [4.78, 5) is 28.6. The van der Waals surface area contributed by atoms with Crippen molar-refractivity contribution in [1.29, 1.82) is 0 Å². The lowest BCUT2D eigenvalue weighted by atomic mass is 10.3. The highest BCUT2D eigenvalue weighted by Gasteiger charge is 2.19. The molecule has 1 aliphatic rings. The van der Waals surface area contributed by atoms with Gasteiger partial charge in [-0.25, -0.2) is 0 Å². The molecule has 2 unspecified atom stereocenters. The van der Waals surface area contributed by atoms with Gasteiger partial charge in [0, 0.05) is 16.3 Å². The van der Waals surface area contributed by atoms with Crippen molar-refractivity contribution in [2.75, 3.05) is 12.0 Å². The van der Waals surface area contributed by atoms with Crippen molar-refractivity contribution in [2.45, 2.75) is 23.8 Å². The molecule has 0 spiro atoms. The molecule has 0 aromatic heterocycles. The average Bonchev–Trinajstić information content (AvgIpc) is 2.49. The topological polar surface area (TPSA) is 115 Å². The van der Waals surface area contributed by atoms with Crippen molar-refractivity contribution >= 4 is 40.0 Å². The third-order valence-corrected chi connectivity index (χ3v) is 4.09. The van der Waals surface area contributed by atoms with Crippen molar-refractivity contribution in [2.24, 2.45) is 0 Å². The molecule has 2 atom stereocenters. The normalized spacial score (nSPS) is 23.5. The molecule has 0 bridgehead atoms. The molecule has 16 heavy (non-hydrogen) atoms. The van der Waals surface area contributed by atoms with Gasteiger partial charge in [0.15, 0.2) is 0 Å². The van der Waals surface area contributed by atoms with Crippen molar-refractivity contribution in [1.82, 2.24) is 0 Å². The van der Waals surface area contributed by atoms with Crippen LogP contribution in [0.15, 0.2) is 0 Å². The van der Waals surface area contributed by atoms with E-state index in [0.717, 1.165) is 10.5 Å². The summed E-state index contributed by atoms with van der Waals surface area (Å²) >= 11 is 4.12. The third-order valence-electron chi connectivity index (χ3n) is 1.49. The summed E-state index contributed by atoms with van der Waals surface area (Å²) in [7, 11) is -6.26. The smallest absolute Gasteiger partial charge is 0.314 e. The molecule has 4 N–H and O–H groups in total. The molecule has 0 saturated carbocycles. The van der Waals surface area contributed by atoms with E-state index in [1.807, 2.05) is 11.8 Å². The molecule has 10 heteroatoms. The number of thioether (sulfide) groups is 2. The lowest BCUT2D eigenvalue weighted by molar-refractivity contribution is 0.403. The number of hydrogen-bond donors (Lipinski definition) is 4. The Kier molecular flexibility index (Phi) is 15.1. The first-order valence-electron chi connectivity index (χ1n) is 4.27. The zero-order valence-corrected chi connectivity index (χ0v) is 12.6. The van der Waals surface area contributed by atoms with Crippen LogP contribution in [-0.2, 0) is 9.13 Å². The van der Waals surface area contributed by atoms with Gasteiger partial charge in [-0.15, -0.1) is 0 Å². The fourth-order valence-electron chi connectivity index (χ4n) is 0.942. The molecule has 0 amide bonds. The summed E-state index contributed by atoms with van der Waals surface area (Å²) in [5.74, 6) is 1.38. The van der Waals surface area contributed by atoms with Gasteiger partial charge in [-0.3, -0.25) is 9.13 Å². The van der Waals surface area contributed by atoms with E-state index in [0.29, 0.717) is 0 Å². The Morgan fingerprint density at radius 3 is 1.69 bits per heavy atom. The van der Waals surface area contributed by atoms with E-state index >= 15 is 0 Å². The molecule has 1 heterocycles.